The molecule has 1 rings (SSSR count). The molecule has 0 saturated carbocycles. The Bertz CT molecular complexity index is 403. The SMILES string of the molecule is CCCCCCCCCCCCOc1ccc([N+](=O)[O-])cc1. The second-order valence-electron chi connectivity index (χ2n) is 5.78. The minimum absolute atomic E-state index is 0.103. The Balaban J connectivity index is 1.94. The fourth-order valence-electron chi connectivity index (χ4n) is 2.44. The van der Waals surface area contributed by atoms with Gasteiger partial charge in [0.2, 0.25) is 0 Å². The van der Waals surface area contributed by atoms with Crippen LogP contribution < -0.4 is 4.74 Å². The van der Waals surface area contributed by atoms with Crippen molar-refractivity contribution in [2.24, 2.45) is 0 Å². The summed E-state index contributed by atoms with van der Waals surface area (Å²) < 4.78 is 5.59. The van der Waals surface area contributed by atoms with E-state index in [-0.39, 0.29) is 5.69 Å². The van der Waals surface area contributed by atoms with Gasteiger partial charge >= 0.3 is 0 Å². The molecule has 0 spiro atoms. The Kier molecular flexibility index (Phi) is 10.1. The van der Waals surface area contributed by atoms with E-state index in [2.05, 4.69) is 6.92 Å². The van der Waals surface area contributed by atoms with Gasteiger partial charge in [0.15, 0.2) is 0 Å². The maximum atomic E-state index is 10.5. The van der Waals surface area contributed by atoms with E-state index in [4.69, 9.17) is 4.74 Å². The maximum Gasteiger partial charge on any atom is 0.269 e. The van der Waals surface area contributed by atoms with E-state index in [0.717, 1.165) is 6.42 Å². The van der Waals surface area contributed by atoms with E-state index >= 15 is 0 Å². The number of hydrogen-bond donors (Lipinski definition) is 0. The maximum absolute atomic E-state index is 10.5. The molecule has 0 unspecified atom stereocenters. The summed E-state index contributed by atoms with van der Waals surface area (Å²) in [6.07, 6.45) is 13.0. The molecule has 1 aromatic carbocycles. The van der Waals surface area contributed by atoms with Crippen molar-refractivity contribution in [3.63, 3.8) is 0 Å². The monoisotopic (exact) mass is 307 g/mol. The second kappa shape index (κ2) is 12.0. The molecule has 0 amide bonds. The van der Waals surface area contributed by atoms with Gasteiger partial charge in [-0.3, -0.25) is 10.1 Å². The van der Waals surface area contributed by atoms with Crippen molar-refractivity contribution in [2.75, 3.05) is 6.61 Å². The molecular formula is C18H29NO3. The van der Waals surface area contributed by atoms with Crippen LogP contribution in [0.5, 0.6) is 5.75 Å². The molecule has 4 heteroatoms. The third-order valence-corrected chi connectivity index (χ3v) is 3.81. The number of non-ortho nitro benzene ring substituents is 1. The number of nitro groups is 1. The average molecular weight is 307 g/mol. The van der Waals surface area contributed by atoms with E-state index in [1.54, 1.807) is 12.1 Å². The zero-order chi connectivity index (χ0) is 16.0. The van der Waals surface area contributed by atoms with Gasteiger partial charge in [0, 0.05) is 12.1 Å². The number of rotatable bonds is 13. The third kappa shape index (κ3) is 8.65. The summed E-state index contributed by atoms with van der Waals surface area (Å²) in [6, 6.07) is 6.28. The van der Waals surface area contributed by atoms with Gasteiger partial charge in [0.05, 0.1) is 11.5 Å². The smallest absolute Gasteiger partial charge is 0.269 e. The molecule has 0 bridgehead atoms. The van der Waals surface area contributed by atoms with Crippen molar-refractivity contribution < 1.29 is 9.66 Å². The first-order valence-electron chi connectivity index (χ1n) is 8.61. The Morgan fingerprint density at radius 2 is 1.36 bits per heavy atom. The summed E-state index contributed by atoms with van der Waals surface area (Å²) in [6.45, 7) is 2.94. The third-order valence-electron chi connectivity index (χ3n) is 3.81. The summed E-state index contributed by atoms with van der Waals surface area (Å²) in [5.74, 6) is 0.710. The van der Waals surface area contributed by atoms with E-state index in [9.17, 15) is 10.1 Å². The van der Waals surface area contributed by atoms with Gasteiger partial charge in [-0.15, -0.1) is 0 Å². The number of nitrogens with zero attached hydrogens (tertiary/aromatic N) is 1. The Hall–Kier alpha value is -1.58. The quantitative estimate of drug-likeness (QED) is 0.259. The lowest BCUT2D eigenvalue weighted by atomic mass is 10.1. The average Bonchev–Trinajstić information content (AvgIpc) is 2.53. The van der Waals surface area contributed by atoms with Gasteiger partial charge in [-0.25, -0.2) is 0 Å². The zero-order valence-corrected chi connectivity index (χ0v) is 13.8. The first-order valence-corrected chi connectivity index (χ1v) is 8.61. The highest BCUT2D eigenvalue weighted by molar-refractivity contribution is 5.35. The van der Waals surface area contributed by atoms with Crippen LogP contribution in [0.25, 0.3) is 0 Å². The van der Waals surface area contributed by atoms with Gasteiger partial charge in [-0.2, -0.15) is 0 Å². The molecule has 0 N–H and O–H groups in total. The number of unbranched alkanes of at least 4 members (excludes halogenated alkanes) is 9. The van der Waals surface area contributed by atoms with E-state index in [0.29, 0.717) is 12.4 Å². The van der Waals surface area contributed by atoms with Gasteiger partial charge in [0.1, 0.15) is 5.75 Å². The molecule has 0 radical (unpaired) electrons. The number of benzene rings is 1. The van der Waals surface area contributed by atoms with Gasteiger partial charge in [-0.05, 0) is 18.6 Å². The summed E-state index contributed by atoms with van der Waals surface area (Å²) >= 11 is 0. The number of nitro benzene ring substituents is 1. The van der Waals surface area contributed by atoms with Gasteiger partial charge in [0.25, 0.3) is 5.69 Å². The predicted molar refractivity (Wildman–Crippen MR) is 90.4 cm³/mol. The highest BCUT2D eigenvalue weighted by Crippen LogP contribution is 2.17. The highest BCUT2D eigenvalue weighted by atomic mass is 16.6. The molecule has 22 heavy (non-hydrogen) atoms. The van der Waals surface area contributed by atoms with Crippen LogP contribution in [0.2, 0.25) is 0 Å². The molecule has 0 heterocycles. The van der Waals surface area contributed by atoms with Crippen LogP contribution in [0.15, 0.2) is 24.3 Å². The minimum Gasteiger partial charge on any atom is -0.494 e. The Labute approximate surface area is 134 Å². The predicted octanol–water partition coefficient (Wildman–Crippen LogP) is 5.89. The zero-order valence-electron chi connectivity index (χ0n) is 13.8. The van der Waals surface area contributed by atoms with Crippen molar-refractivity contribution in [1.29, 1.82) is 0 Å². The largest absolute Gasteiger partial charge is 0.494 e. The molecule has 124 valence electrons. The van der Waals surface area contributed by atoms with Crippen LogP contribution >= 0.6 is 0 Å². The molecule has 0 saturated heterocycles. The first-order chi connectivity index (χ1) is 10.7. The lowest BCUT2D eigenvalue weighted by Gasteiger charge is -2.06. The lowest BCUT2D eigenvalue weighted by Crippen LogP contribution is -1.97. The fraction of sp³-hybridized carbons (Fsp3) is 0.667. The van der Waals surface area contributed by atoms with Gasteiger partial charge < -0.3 is 4.74 Å². The molecule has 0 aliphatic rings. The standard InChI is InChI=1S/C18H29NO3/c1-2-3-4-5-6-7-8-9-10-11-16-22-18-14-12-17(13-15-18)19(20)21/h12-15H,2-11,16H2,1H3. The fourth-order valence-corrected chi connectivity index (χ4v) is 2.44. The summed E-state index contributed by atoms with van der Waals surface area (Å²) in [4.78, 5) is 10.1. The first kappa shape index (κ1) is 18.5. The van der Waals surface area contributed by atoms with Crippen LogP contribution in [0, 0.1) is 10.1 Å². The van der Waals surface area contributed by atoms with Crippen molar-refractivity contribution in [3.05, 3.63) is 34.4 Å². The molecule has 0 aliphatic carbocycles. The van der Waals surface area contributed by atoms with Crippen molar-refractivity contribution in [3.8, 4) is 5.75 Å². The minimum atomic E-state index is -0.397. The normalized spacial score (nSPS) is 10.6. The Morgan fingerprint density at radius 3 is 1.86 bits per heavy atom. The van der Waals surface area contributed by atoms with Crippen molar-refractivity contribution >= 4 is 5.69 Å². The molecule has 4 nitrogen and oxygen atoms in total. The molecule has 0 aromatic heterocycles. The topological polar surface area (TPSA) is 52.4 Å². The van der Waals surface area contributed by atoms with E-state index < -0.39 is 4.92 Å². The molecule has 0 aliphatic heterocycles. The summed E-state index contributed by atoms with van der Waals surface area (Å²) in [7, 11) is 0. The number of hydrogen-bond acceptors (Lipinski definition) is 3. The summed E-state index contributed by atoms with van der Waals surface area (Å²) in [5, 5.41) is 10.5. The second-order valence-corrected chi connectivity index (χ2v) is 5.78. The molecular weight excluding hydrogens is 278 g/mol. The van der Waals surface area contributed by atoms with Crippen LogP contribution in [-0.4, -0.2) is 11.5 Å². The van der Waals surface area contributed by atoms with Crippen LogP contribution in [-0.2, 0) is 0 Å². The van der Waals surface area contributed by atoms with Crippen LogP contribution in [0.4, 0.5) is 5.69 Å². The molecule has 1 aromatic rings. The lowest BCUT2D eigenvalue weighted by molar-refractivity contribution is -0.384. The van der Waals surface area contributed by atoms with E-state index in [1.165, 1.54) is 69.9 Å². The molecule has 0 atom stereocenters. The molecule has 0 fully saturated rings. The summed E-state index contributed by atoms with van der Waals surface area (Å²) in [5.41, 5.74) is 0.103. The van der Waals surface area contributed by atoms with Crippen molar-refractivity contribution in [1.82, 2.24) is 0 Å². The highest BCUT2D eigenvalue weighted by Gasteiger charge is 2.03. The Morgan fingerprint density at radius 1 is 0.864 bits per heavy atom. The van der Waals surface area contributed by atoms with E-state index in [1.807, 2.05) is 0 Å². The van der Waals surface area contributed by atoms with Crippen LogP contribution in [0.1, 0.15) is 71.1 Å². The van der Waals surface area contributed by atoms with Crippen LogP contribution in [0.3, 0.4) is 0 Å². The number of ether oxygens (including phenoxy) is 1. The van der Waals surface area contributed by atoms with Crippen molar-refractivity contribution in [2.45, 2.75) is 71.1 Å². The van der Waals surface area contributed by atoms with Gasteiger partial charge in [-0.1, -0.05) is 64.7 Å².